The second kappa shape index (κ2) is 9.08. The van der Waals surface area contributed by atoms with Gasteiger partial charge in [-0.3, -0.25) is 0 Å². The van der Waals surface area contributed by atoms with Crippen LogP contribution in [0.5, 0.6) is 0 Å². The van der Waals surface area contributed by atoms with Gasteiger partial charge >= 0.3 is 7.12 Å². The number of hydrogen-bond acceptors (Lipinski definition) is 3. The summed E-state index contributed by atoms with van der Waals surface area (Å²) in [4.78, 5) is 0. The Morgan fingerprint density at radius 3 is 1.97 bits per heavy atom. The molecule has 0 saturated heterocycles. The Bertz CT molecular complexity index is 1590. The van der Waals surface area contributed by atoms with Gasteiger partial charge in [-0.2, -0.15) is 0 Å². The molecule has 3 N–H and O–H groups in total. The lowest BCUT2D eigenvalue weighted by Crippen LogP contribution is -2.31. The Hall–Kier alpha value is -4.12. The first-order chi connectivity index (χ1) is 17.9. The summed E-state index contributed by atoms with van der Waals surface area (Å²) in [5, 5.41) is 23.3. The third kappa shape index (κ3) is 4.05. The standard InChI is InChI=1S/C33H28BNO2/c1-33(2)28-13-7-6-12-26(28)32-27(24-18-16-23(17-19-24)22-10-4-3-5-11-22)20-25(21-29(32)33)35-31-15-9-8-14-30(31)34(36)37/h3-21,35-37H,1-2H3. The smallest absolute Gasteiger partial charge is 0.423 e. The van der Waals surface area contributed by atoms with Crippen molar-refractivity contribution in [3.05, 3.63) is 126 Å². The van der Waals surface area contributed by atoms with Gasteiger partial charge in [0.25, 0.3) is 0 Å². The monoisotopic (exact) mass is 481 g/mol. The van der Waals surface area contributed by atoms with Crippen LogP contribution in [0.3, 0.4) is 0 Å². The van der Waals surface area contributed by atoms with E-state index in [1.54, 1.807) is 6.07 Å². The number of benzene rings is 5. The van der Waals surface area contributed by atoms with Crippen LogP contribution in [0.25, 0.3) is 33.4 Å². The molecule has 6 rings (SSSR count). The van der Waals surface area contributed by atoms with Crippen LogP contribution in [0.2, 0.25) is 0 Å². The van der Waals surface area contributed by atoms with Crippen LogP contribution < -0.4 is 10.8 Å². The molecular weight excluding hydrogens is 453 g/mol. The molecular formula is C33H28BNO2. The molecule has 3 nitrogen and oxygen atoms in total. The van der Waals surface area contributed by atoms with Crippen molar-refractivity contribution in [1.82, 2.24) is 0 Å². The summed E-state index contributed by atoms with van der Waals surface area (Å²) in [6.45, 7) is 4.55. The summed E-state index contributed by atoms with van der Waals surface area (Å²) < 4.78 is 0. The summed E-state index contributed by atoms with van der Waals surface area (Å²) in [5.74, 6) is 0. The minimum atomic E-state index is -1.55. The third-order valence-electron chi connectivity index (χ3n) is 7.50. The predicted octanol–water partition coefficient (Wildman–Crippen LogP) is 6.75. The normalized spacial score (nSPS) is 13.1. The van der Waals surface area contributed by atoms with Crippen molar-refractivity contribution < 1.29 is 10.0 Å². The number of para-hydroxylation sites is 1. The fourth-order valence-electron chi connectivity index (χ4n) is 5.58. The molecule has 37 heavy (non-hydrogen) atoms. The lowest BCUT2D eigenvalue weighted by Gasteiger charge is -2.23. The van der Waals surface area contributed by atoms with Crippen molar-refractivity contribution in [3.8, 4) is 33.4 Å². The topological polar surface area (TPSA) is 52.5 Å². The largest absolute Gasteiger partial charge is 0.490 e. The SMILES string of the molecule is CC1(C)c2ccccc2-c2c(-c3ccc(-c4ccccc4)cc3)cc(Nc3ccccc3B(O)O)cc21. The Morgan fingerprint density at radius 1 is 0.595 bits per heavy atom. The molecule has 0 radical (unpaired) electrons. The summed E-state index contributed by atoms with van der Waals surface area (Å²) in [7, 11) is -1.55. The minimum absolute atomic E-state index is 0.168. The molecule has 0 saturated carbocycles. The van der Waals surface area contributed by atoms with Gasteiger partial charge in [-0.15, -0.1) is 0 Å². The second-order valence-electron chi connectivity index (χ2n) is 10.1. The average Bonchev–Trinajstić information content (AvgIpc) is 3.16. The Balaban J connectivity index is 1.52. The summed E-state index contributed by atoms with van der Waals surface area (Å²) in [5.41, 5.74) is 11.6. The van der Waals surface area contributed by atoms with Gasteiger partial charge < -0.3 is 15.4 Å². The molecule has 0 fully saturated rings. The molecule has 0 bridgehead atoms. The molecule has 1 aliphatic rings. The molecule has 0 aliphatic heterocycles. The van der Waals surface area contributed by atoms with E-state index >= 15 is 0 Å². The number of rotatable bonds is 5. The van der Waals surface area contributed by atoms with Crippen LogP contribution in [0, 0.1) is 0 Å². The lowest BCUT2D eigenvalue weighted by molar-refractivity contribution is 0.426. The van der Waals surface area contributed by atoms with Gasteiger partial charge in [0, 0.05) is 22.3 Å². The van der Waals surface area contributed by atoms with E-state index in [1.165, 1.54) is 33.4 Å². The maximum absolute atomic E-state index is 9.91. The summed E-state index contributed by atoms with van der Waals surface area (Å²) in [6, 6.07) is 39.5. The van der Waals surface area contributed by atoms with E-state index in [2.05, 4.69) is 104 Å². The third-order valence-corrected chi connectivity index (χ3v) is 7.50. The number of hydrogen-bond donors (Lipinski definition) is 3. The van der Waals surface area contributed by atoms with Gasteiger partial charge in [0.05, 0.1) is 0 Å². The highest BCUT2D eigenvalue weighted by atomic mass is 16.4. The van der Waals surface area contributed by atoms with Crippen molar-refractivity contribution in [2.75, 3.05) is 5.32 Å². The molecule has 5 aromatic rings. The molecule has 4 heteroatoms. The van der Waals surface area contributed by atoms with Crippen LogP contribution >= 0.6 is 0 Å². The van der Waals surface area contributed by atoms with Gasteiger partial charge in [-0.25, -0.2) is 0 Å². The maximum atomic E-state index is 9.91. The van der Waals surface area contributed by atoms with Crippen LogP contribution in [0.15, 0.2) is 115 Å². The first kappa shape index (κ1) is 23.3. The van der Waals surface area contributed by atoms with E-state index in [0.717, 1.165) is 16.8 Å². The van der Waals surface area contributed by atoms with Crippen molar-refractivity contribution in [1.29, 1.82) is 0 Å². The van der Waals surface area contributed by atoms with Crippen molar-refractivity contribution in [3.63, 3.8) is 0 Å². The zero-order valence-electron chi connectivity index (χ0n) is 20.9. The molecule has 1 aliphatic carbocycles. The molecule has 5 aromatic carbocycles. The Kier molecular flexibility index (Phi) is 5.71. The van der Waals surface area contributed by atoms with Crippen LogP contribution in [-0.2, 0) is 5.41 Å². The maximum Gasteiger partial charge on any atom is 0.490 e. The van der Waals surface area contributed by atoms with E-state index < -0.39 is 7.12 Å². The molecule has 0 heterocycles. The van der Waals surface area contributed by atoms with Crippen LogP contribution in [-0.4, -0.2) is 17.2 Å². The molecule has 0 atom stereocenters. The van der Waals surface area contributed by atoms with Gasteiger partial charge in [-0.05, 0) is 62.7 Å². The number of anilines is 2. The van der Waals surface area contributed by atoms with Crippen LogP contribution in [0.1, 0.15) is 25.0 Å². The quantitative estimate of drug-likeness (QED) is 0.244. The fraction of sp³-hybridized carbons (Fsp3) is 0.0909. The number of fused-ring (bicyclic) bond motifs is 3. The van der Waals surface area contributed by atoms with Gasteiger partial charge in [0.2, 0.25) is 0 Å². The van der Waals surface area contributed by atoms with E-state index in [9.17, 15) is 10.0 Å². The number of nitrogens with one attached hydrogen (secondary N) is 1. The lowest BCUT2D eigenvalue weighted by atomic mass is 9.79. The molecule has 180 valence electrons. The van der Waals surface area contributed by atoms with Gasteiger partial charge in [0.15, 0.2) is 0 Å². The average molecular weight is 481 g/mol. The fourth-order valence-corrected chi connectivity index (χ4v) is 5.58. The summed E-state index contributed by atoms with van der Waals surface area (Å²) >= 11 is 0. The first-order valence-electron chi connectivity index (χ1n) is 12.6. The van der Waals surface area contributed by atoms with E-state index in [-0.39, 0.29) is 5.41 Å². The van der Waals surface area contributed by atoms with E-state index in [1.807, 2.05) is 24.3 Å². The highest BCUT2D eigenvalue weighted by Crippen LogP contribution is 2.53. The first-order valence-corrected chi connectivity index (χ1v) is 12.6. The highest BCUT2D eigenvalue weighted by Gasteiger charge is 2.37. The zero-order chi connectivity index (χ0) is 25.6. The van der Waals surface area contributed by atoms with Gasteiger partial charge in [-0.1, -0.05) is 111 Å². The van der Waals surface area contributed by atoms with Crippen molar-refractivity contribution in [2.24, 2.45) is 0 Å². The molecule has 0 unspecified atom stereocenters. The minimum Gasteiger partial charge on any atom is -0.423 e. The van der Waals surface area contributed by atoms with Crippen molar-refractivity contribution in [2.45, 2.75) is 19.3 Å². The van der Waals surface area contributed by atoms with Gasteiger partial charge in [0.1, 0.15) is 0 Å². The van der Waals surface area contributed by atoms with Crippen LogP contribution in [0.4, 0.5) is 11.4 Å². The molecule has 0 spiro atoms. The molecule has 0 amide bonds. The second-order valence-corrected chi connectivity index (χ2v) is 10.1. The predicted molar refractivity (Wildman–Crippen MR) is 154 cm³/mol. The van der Waals surface area contributed by atoms with E-state index in [0.29, 0.717) is 11.2 Å². The highest BCUT2D eigenvalue weighted by molar-refractivity contribution is 6.60. The molecule has 0 aromatic heterocycles. The Labute approximate surface area is 218 Å². The zero-order valence-corrected chi connectivity index (χ0v) is 20.9. The summed E-state index contributed by atoms with van der Waals surface area (Å²) in [6.07, 6.45) is 0. The van der Waals surface area contributed by atoms with Crippen molar-refractivity contribution >= 4 is 24.0 Å². The Morgan fingerprint density at radius 2 is 1.22 bits per heavy atom. The van der Waals surface area contributed by atoms with E-state index in [4.69, 9.17) is 0 Å².